The average Bonchev–Trinajstić information content (AvgIpc) is 2.88. The monoisotopic (exact) mass is 249 g/mol. The number of nitrogens with zero attached hydrogens (tertiary/aromatic N) is 2. The van der Waals surface area contributed by atoms with E-state index >= 15 is 0 Å². The summed E-state index contributed by atoms with van der Waals surface area (Å²) < 4.78 is 5.56. The van der Waals surface area contributed by atoms with Crippen molar-refractivity contribution in [3.05, 3.63) is 23.9 Å². The number of likely N-dealkylation sites (N-methyl/N-ethyl adjacent to an activating group) is 1. The molecule has 1 unspecified atom stereocenters. The predicted molar refractivity (Wildman–Crippen MR) is 69.2 cm³/mol. The molecule has 1 aromatic heterocycles. The van der Waals surface area contributed by atoms with Gasteiger partial charge in [-0.2, -0.15) is 0 Å². The Bertz CT molecular complexity index is 416. The molecule has 0 saturated carbocycles. The molecule has 1 aliphatic heterocycles. The van der Waals surface area contributed by atoms with Crippen molar-refractivity contribution in [3.8, 4) is 0 Å². The second-order valence-corrected chi connectivity index (χ2v) is 4.43. The number of carbonyl (C=O) groups is 1. The van der Waals surface area contributed by atoms with Crippen molar-refractivity contribution in [2.75, 3.05) is 25.4 Å². The molecule has 5 heteroatoms. The van der Waals surface area contributed by atoms with Crippen molar-refractivity contribution < 1.29 is 9.53 Å². The molecule has 0 aromatic carbocycles. The Morgan fingerprint density at radius 2 is 2.44 bits per heavy atom. The van der Waals surface area contributed by atoms with Crippen LogP contribution in [0.1, 0.15) is 30.3 Å². The maximum Gasteiger partial charge on any atom is 0.272 e. The van der Waals surface area contributed by atoms with Crippen molar-refractivity contribution in [1.82, 2.24) is 9.88 Å². The first-order chi connectivity index (χ1) is 8.70. The normalized spacial score (nSPS) is 18.8. The Morgan fingerprint density at radius 1 is 1.61 bits per heavy atom. The van der Waals surface area contributed by atoms with E-state index in [1.807, 2.05) is 6.92 Å². The van der Waals surface area contributed by atoms with Crippen molar-refractivity contribution >= 4 is 11.7 Å². The number of pyridine rings is 1. The van der Waals surface area contributed by atoms with Gasteiger partial charge in [0.05, 0.1) is 6.10 Å². The van der Waals surface area contributed by atoms with Crippen molar-refractivity contribution in [1.29, 1.82) is 0 Å². The lowest BCUT2D eigenvalue weighted by Gasteiger charge is -2.23. The number of hydrogen-bond acceptors (Lipinski definition) is 4. The number of anilines is 1. The van der Waals surface area contributed by atoms with Gasteiger partial charge in [-0.15, -0.1) is 0 Å². The summed E-state index contributed by atoms with van der Waals surface area (Å²) in [6.07, 6.45) is 2.26. The summed E-state index contributed by atoms with van der Waals surface area (Å²) in [6, 6.07) is 5.11. The van der Waals surface area contributed by atoms with E-state index in [0.717, 1.165) is 19.4 Å². The second kappa shape index (κ2) is 5.82. The maximum atomic E-state index is 12.3. The molecule has 2 N–H and O–H groups in total. The third kappa shape index (κ3) is 2.98. The highest BCUT2D eigenvalue weighted by molar-refractivity contribution is 5.92. The number of amides is 1. The van der Waals surface area contributed by atoms with Crippen LogP contribution in [-0.2, 0) is 4.74 Å². The van der Waals surface area contributed by atoms with Crippen LogP contribution in [0.2, 0.25) is 0 Å². The molecule has 1 aliphatic rings. The molecule has 0 bridgehead atoms. The van der Waals surface area contributed by atoms with E-state index in [4.69, 9.17) is 10.5 Å². The summed E-state index contributed by atoms with van der Waals surface area (Å²) in [6.45, 7) is 4.03. The van der Waals surface area contributed by atoms with Crippen LogP contribution in [-0.4, -0.2) is 41.6 Å². The van der Waals surface area contributed by atoms with Crippen molar-refractivity contribution in [2.24, 2.45) is 0 Å². The lowest BCUT2D eigenvalue weighted by atomic mass is 10.2. The number of nitrogen functional groups attached to an aromatic ring is 1. The van der Waals surface area contributed by atoms with Crippen LogP contribution in [0.5, 0.6) is 0 Å². The van der Waals surface area contributed by atoms with Gasteiger partial charge in [-0.25, -0.2) is 4.98 Å². The Labute approximate surface area is 107 Å². The highest BCUT2D eigenvalue weighted by atomic mass is 16.5. The first-order valence-corrected chi connectivity index (χ1v) is 6.34. The van der Waals surface area contributed by atoms with E-state index in [1.54, 1.807) is 23.1 Å². The highest BCUT2D eigenvalue weighted by Crippen LogP contribution is 2.14. The zero-order valence-corrected chi connectivity index (χ0v) is 10.6. The third-order valence-electron chi connectivity index (χ3n) is 3.11. The van der Waals surface area contributed by atoms with Crippen LogP contribution >= 0.6 is 0 Å². The molecule has 1 amide bonds. The van der Waals surface area contributed by atoms with Crippen LogP contribution in [0, 0.1) is 0 Å². The molecule has 0 spiro atoms. The van der Waals surface area contributed by atoms with Gasteiger partial charge < -0.3 is 15.4 Å². The summed E-state index contributed by atoms with van der Waals surface area (Å²) in [4.78, 5) is 18.1. The average molecular weight is 249 g/mol. The number of hydrogen-bond donors (Lipinski definition) is 1. The minimum atomic E-state index is -0.0831. The minimum Gasteiger partial charge on any atom is -0.384 e. The Morgan fingerprint density at radius 3 is 3.06 bits per heavy atom. The van der Waals surface area contributed by atoms with Crippen molar-refractivity contribution in [2.45, 2.75) is 25.9 Å². The van der Waals surface area contributed by atoms with Crippen LogP contribution in [0.3, 0.4) is 0 Å². The maximum absolute atomic E-state index is 12.3. The van der Waals surface area contributed by atoms with E-state index in [9.17, 15) is 4.79 Å². The summed E-state index contributed by atoms with van der Waals surface area (Å²) in [5, 5.41) is 0. The summed E-state index contributed by atoms with van der Waals surface area (Å²) in [5.41, 5.74) is 5.99. The molecule has 1 fully saturated rings. The van der Waals surface area contributed by atoms with Crippen LogP contribution in [0.4, 0.5) is 5.82 Å². The fraction of sp³-hybridized carbons (Fsp3) is 0.538. The largest absolute Gasteiger partial charge is 0.384 e. The van der Waals surface area contributed by atoms with E-state index < -0.39 is 0 Å². The molecule has 5 nitrogen and oxygen atoms in total. The van der Waals surface area contributed by atoms with E-state index in [0.29, 0.717) is 24.6 Å². The molecule has 0 aliphatic carbocycles. The van der Waals surface area contributed by atoms with Crippen LogP contribution in [0.15, 0.2) is 18.2 Å². The smallest absolute Gasteiger partial charge is 0.272 e. The van der Waals surface area contributed by atoms with Gasteiger partial charge in [-0.05, 0) is 31.9 Å². The lowest BCUT2D eigenvalue weighted by molar-refractivity contribution is 0.0535. The first-order valence-electron chi connectivity index (χ1n) is 6.34. The van der Waals surface area contributed by atoms with Gasteiger partial charge >= 0.3 is 0 Å². The van der Waals surface area contributed by atoms with Gasteiger partial charge in [0.1, 0.15) is 11.5 Å². The molecule has 98 valence electrons. The van der Waals surface area contributed by atoms with Gasteiger partial charge in [0.15, 0.2) is 0 Å². The molecule has 18 heavy (non-hydrogen) atoms. The number of rotatable bonds is 4. The van der Waals surface area contributed by atoms with E-state index in [1.165, 1.54) is 0 Å². The Hall–Kier alpha value is -1.62. The first kappa shape index (κ1) is 12.8. The quantitative estimate of drug-likeness (QED) is 0.873. The van der Waals surface area contributed by atoms with Gasteiger partial charge in [-0.3, -0.25) is 4.79 Å². The Kier molecular flexibility index (Phi) is 4.15. The van der Waals surface area contributed by atoms with Gasteiger partial charge in [0.2, 0.25) is 0 Å². The standard InChI is InChI=1S/C13H19N3O2/c1-2-16(9-10-5-4-8-18-10)13(17)11-6-3-7-12(14)15-11/h3,6-7,10H,2,4-5,8-9H2,1H3,(H2,14,15). The second-order valence-electron chi connectivity index (χ2n) is 4.43. The fourth-order valence-electron chi connectivity index (χ4n) is 2.12. The molecule has 1 aromatic rings. The Balaban J connectivity index is 2.04. The molecular formula is C13H19N3O2. The molecule has 1 atom stereocenters. The topological polar surface area (TPSA) is 68.5 Å². The van der Waals surface area contributed by atoms with Gasteiger partial charge in [-0.1, -0.05) is 6.07 Å². The zero-order valence-electron chi connectivity index (χ0n) is 10.6. The highest BCUT2D eigenvalue weighted by Gasteiger charge is 2.22. The number of ether oxygens (including phenoxy) is 1. The minimum absolute atomic E-state index is 0.0831. The fourth-order valence-corrected chi connectivity index (χ4v) is 2.12. The number of nitrogens with two attached hydrogens (primary N) is 1. The van der Waals surface area contributed by atoms with Gasteiger partial charge in [0, 0.05) is 19.7 Å². The SMILES string of the molecule is CCN(CC1CCCO1)C(=O)c1cccc(N)n1. The summed E-state index contributed by atoms with van der Waals surface area (Å²) >= 11 is 0. The van der Waals surface area contributed by atoms with Crippen LogP contribution < -0.4 is 5.73 Å². The van der Waals surface area contributed by atoms with Crippen LogP contribution in [0.25, 0.3) is 0 Å². The van der Waals surface area contributed by atoms with E-state index in [-0.39, 0.29) is 12.0 Å². The zero-order chi connectivity index (χ0) is 13.0. The molecule has 1 saturated heterocycles. The predicted octanol–water partition coefficient (Wildman–Crippen LogP) is 1.30. The number of aromatic nitrogens is 1. The van der Waals surface area contributed by atoms with E-state index in [2.05, 4.69) is 4.98 Å². The summed E-state index contributed by atoms with van der Waals surface area (Å²) in [7, 11) is 0. The number of carbonyl (C=O) groups excluding carboxylic acids is 1. The summed E-state index contributed by atoms with van der Waals surface area (Å²) in [5.74, 6) is 0.286. The van der Waals surface area contributed by atoms with Gasteiger partial charge in [0.25, 0.3) is 5.91 Å². The third-order valence-corrected chi connectivity index (χ3v) is 3.11. The lowest BCUT2D eigenvalue weighted by Crippen LogP contribution is -2.37. The molecular weight excluding hydrogens is 230 g/mol. The molecule has 0 radical (unpaired) electrons. The molecule has 2 heterocycles. The molecule has 2 rings (SSSR count). The van der Waals surface area contributed by atoms with Crippen molar-refractivity contribution in [3.63, 3.8) is 0 Å².